The summed E-state index contributed by atoms with van der Waals surface area (Å²) in [6.07, 6.45) is 9.24. The van der Waals surface area contributed by atoms with E-state index in [4.69, 9.17) is 0 Å². The summed E-state index contributed by atoms with van der Waals surface area (Å²) in [5.41, 5.74) is 2.21. The first-order chi connectivity index (χ1) is 15.1. The van der Waals surface area contributed by atoms with E-state index in [9.17, 15) is 14.4 Å². The Morgan fingerprint density at radius 3 is 2.35 bits per heavy atom. The first-order valence-electron chi connectivity index (χ1n) is 12.1. The van der Waals surface area contributed by atoms with Gasteiger partial charge in [0.05, 0.1) is 5.92 Å². The zero-order chi connectivity index (χ0) is 21.6. The summed E-state index contributed by atoms with van der Waals surface area (Å²) >= 11 is 0. The van der Waals surface area contributed by atoms with Crippen LogP contribution in [0, 0.1) is 11.8 Å². The molecule has 6 heteroatoms. The van der Waals surface area contributed by atoms with Crippen molar-refractivity contribution in [3.05, 3.63) is 29.8 Å². The van der Waals surface area contributed by atoms with Gasteiger partial charge in [0.2, 0.25) is 17.7 Å². The average molecular weight is 426 g/mol. The van der Waals surface area contributed by atoms with Gasteiger partial charge >= 0.3 is 0 Å². The maximum Gasteiger partial charge on any atom is 0.230 e. The molecule has 2 atom stereocenters. The molecule has 168 valence electrons. The van der Waals surface area contributed by atoms with Gasteiger partial charge in [-0.2, -0.15) is 0 Å². The van der Waals surface area contributed by atoms with Crippen molar-refractivity contribution >= 4 is 23.4 Å². The van der Waals surface area contributed by atoms with E-state index < -0.39 is 0 Å². The van der Waals surface area contributed by atoms with Gasteiger partial charge in [-0.25, -0.2) is 0 Å². The Labute approximate surface area is 185 Å². The molecule has 1 saturated heterocycles. The van der Waals surface area contributed by atoms with E-state index in [1.54, 1.807) is 0 Å². The molecule has 1 aliphatic carbocycles. The molecule has 1 saturated carbocycles. The Morgan fingerprint density at radius 2 is 1.58 bits per heavy atom. The number of fused-ring (bicyclic) bond motifs is 1. The number of anilines is 1. The Morgan fingerprint density at radius 1 is 0.871 bits per heavy atom. The summed E-state index contributed by atoms with van der Waals surface area (Å²) in [5, 5.41) is 2.98. The molecule has 2 unspecified atom stereocenters. The van der Waals surface area contributed by atoms with Gasteiger partial charge in [-0.05, 0) is 43.7 Å². The standard InChI is InChI=1S/C25H35N3O3/c29-23(27-16-7-1-2-8-17-27)13-15-26-24(30)20-10-4-5-11-21(20)25(31)28-18-14-19-9-3-6-12-22(19)28/h3,6,9,12,20-21H,1-2,4-5,7-8,10-11,13-18H2,(H,26,30). The number of hydrogen-bond acceptors (Lipinski definition) is 3. The lowest BCUT2D eigenvalue weighted by Gasteiger charge is -2.32. The number of carbonyl (C=O) groups is 3. The van der Waals surface area contributed by atoms with Crippen molar-refractivity contribution in [2.45, 2.75) is 64.2 Å². The molecule has 2 fully saturated rings. The number of rotatable bonds is 5. The molecule has 1 N–H and O–H groups in total. The first-order valence-corrected chi connectivity index (χ1v) is 12.1. The molecule has 31 heavy (non-hydrogen) atoms. The van der Waals surface area contributed by atoms with Crippen molar-refractivity contribution in [2.24, 2.45) is 11.8 Å². The van der Waals surface area contributed by atoms with Gasteiger partial charge in [0, 0.05) is 44.2 Å². The fourth-order valence-electron chi connectivity index (χ4n) is 5.41. The minimum absolute atomic E-state index is 0.0609. The summed E-state index contributed by atoms with van der Waals surface area (Å²) in [6, 6.07) is 8.06. The van der Waals surface area contributed by atoms with Crippen LogP contribution in [-0.2, 0) is 20.8 Å². The zero-order valence-electron chi connectivity index (χ0n) is 18.5. The van der Waals surface area contributed by atoms with Crippen LogP contribution in [-0.4, -0.2) is 48.8 Å². The Kier molecular flexibility index (Phi) is 7.25. The van der Waals surface area contributed by atoms with Crippen LogP contribution >= 0.6 is 0 Å². The number of para-hydroxylation sites is 1. The molecule has 6 nitrogen and oxygen atoms in total. The van der Waals surface area contributed by atoms with Crippen molar-refractivity contribution in [2.75, 3.05) is 31.1 Å². The summed E-state index contributed by atoms with van der Waals surface area (Å²) in [6.45, 7) is 2.73. The van der Waals surface area contributed by atoms with Crippen molar-refractivity contribution in [1.82, 2.24) is 10.2 Å². The van der Waals surface area contributed by atoms with Gasteiger partial charge in [0.25, 0.3) is 0 Å². The molecule has 0 radical (unpaired) electrons. The van der Waals surface area contributed by atoms with Crippen LogP contribution in [0.15, 0.2) is 24.3 Å². The molecule has 3 amide bonds. The van der Waals surface area contributed by atoms with Crippen LogP contribution in [0.5, 0.6) is 0 Å². The highest BCUT2D eigenvalue weighted by molar-refractivity contribution is 5.99. The van der Waals surface area contributed by atoms with Gasteiger partial charge in [-0.1, -0.05) is 43.9 Å². The van der Waals surface area contributed by atoms with Gasteiger partial charge in [0.1, 0.15) is 0 Å². The van der Waals surface area contributed by atoms with Crippen molar-refractivity contribution < 1.29 is 14.4 Å². The lowest BCUT2D eigenvalue weighted by atomic mass is 9.77. The third kappa shape index (κ3) is 5.10. The predicted molar refractivity (Wildman–Crippen MR) is 121 cm³/mol. The monoisotopic (exact) mass is 425 g/mol. The molecule has 0 bridgehead atoms. The molecule has 1 aromatic rings. The van der Waals surface area contributed by atoms with Crippen molar-refractivity contribution in [1.29, 1.82) is 0 Å². The van der Waals surface area contributed by atoms with Crippen LogP contribution < -0.4 is 10.2 Å². The highest BCUT2D eigenvalue weighted by Gasteiger charge is 2.39. The second-order valence-corrected chi connectivity index (χ2v) is 9.20. The molecule has 4 rings (SSSR count). The SMILES string of the molecule is O=C(NCCC(=O)N1CCCCCC1)C1CCCCC1C(=O)N1CCc2ccccc21. The highest BCUT2D eigenvalue weighted by atomic mass is 16.2. The third-order valence-corrected chi connectivity index (χ3v) is 7.17. The molecular weight excluding hydrogens is 390 g/mol. The Hall–Kier alpha value is -2.37. The number of nitrogens with one attached hydrogen (secondary N) is 1. The smallest absolute Gasteiger partial charge is 0.230 e. The second-order valence-electron chi connectivity index (χ2n) is 9.20. The van der Waals surface area contributed by atoms with Gasteiger partial charge in [-0.15, -0.1) is 0 Å². The number of carbonyl (C=O) groups excluding carboxylic acids is 3. The number of nitrogens with zero attached hydrogens (tertiary/aromatic N) is 2. The predicted octanol–water partition coefficient (Wildman–Crippen LogP) is 3.29. The van der Waals surface area contributed by atoms with Gasteiger partial charge < -0.3 is 15.1 Å². The number of benzene rings is 1. The normalized spacial score (nSPS) is 23.7. The molecule has 2 heterocycles. The quantitative estimate of drug-likeness (QED) is 0.787. The second kappa shape index (κ2) is 10.3. The lowest BCUT2D eigenvalue weighted by Crippen LogP contribution is -2.45. The summed E-state index contributed by atoms with van der Waals surface area (Å²) in [4.78, 5) is 42.7. The van der Waals surface area contributed by atoms with Crippen LogP contribution in [0.4, 0.5) is 5.69 Å². The molecule has 2 aliphatic heterocycles. The van der Waals surface area contributed by atoms with E-state index in [1.807, 2.05) is 28.0 Å². The van der Waals surface area contributed by atoms with Crippen LogP contribution in [0.1, 0.15) is 63.4 Å². The van der Waals surface area contributed by atoms with Crippen molar-refractivity contribution in [3.63, 3.8) is 0 Å². The van der Waals surface area contributed by atoms with Crippen LogP contribution in [0.2, 0.25) is 0 Å². The van der Waals surface area contributed by atoms with E-state index >= 15 is 0 Å². The maximum atomic E-state index is 13.4. The van der Waals surface area contributed by atoms with Gasteiger partial charge in [-0.3, -0.25) is 14.4 Å². The number of amides is 3. The fraction of sp³-hybridized carbons (Fsp3) is 0.640. The summed E-state index contributed by atoms with van der Waals surface area (Å²) in [5.74, 6) is -0.393. The van der Waals surface area contributed by atoms with Crippen LogP contribution in [0.25, 0.3) is 0 Å². The van der Waals surface area contributed by atoms with Crippen LogP contribution in [0.3, 0.4) is 0 Å². The van der Waals surface area contributed by atoms with Crippen molar-refractivity contribution in [3.8, 4) is 0 Å². The lowest BCUT2D eigenvalue weighted by molar-refractivity contribution is -0.135. The Balaban J connectivity index is 1.32. The largest absolute Gasteiger partial charge is 0.355 e. The van der Waals surface area contributed by atoms with E-state index in [2.05, 4.69) is 11.4 Å². The minimum atomic E-state index is -0.290. The molecule has 1 aromatic carbocycles. The average Bonchev–Trinajstić information content (AvgIpc) is 3.03. The topological polar surface area (TPSA) is 69.7 Å². The highest BCUT2D eigenvalue weighted by Crippen LogP contribution is 2.35. The molecule has 3 aliphatic rings. The maximum absolute atomic E-state index is 13.4. The van der Waals surface area contributed by atoms with E-state index in [0.717, 1.165) is 63.7 Å². The summed E-state index contributed by atoms with van der Waals surface area (Å²) in [7, 11) is 0. The number of hydrogen-bond donors (Lipinski definition) is 1. The number of likely N-dealkylation sites (tertiary alicyclic amines) is 1. The third-order valence-electron chi connectivity index (χ3n) is 7.17. The molecule has 0 spiro atoms. The fourth-order valence-corrected chi connectivity index (χ4v) is 5.41. The molecular formula is C25H35N3O3. The molecule has 0 aromatic heterocycles. The zero-order valence-corrected chi connectivity index (χ0v) is 18.5. The van der Waals surface area contributed by atoms with E-state index in [-0.39, 0.29) is 29.6 Å². The minimum Gasteiger partial charge on any atom is -0.355 e. The van der Waals surface area contributed by atoms with Gasteiger partial charge in [0.15, 0.2) is 0 Å². The first kappa shape index (κ1) is 21.8. The van der Waals surface area contributed by atoms with E-state index in [0.29, 0.717) is 19.5 Å². The summed E-state index contributed by atoms with van der Waals surface area (Å²) < 4.78 is 0. The Bertz CT molecular complexity index is 801. The van der Waals surface area contributed by atoms with E-state index in [1.165, 1.54) is 18.4 Å².